The highest BCUT2D eigenvalue weighted by Crippen LogP contribution is 2.24. The Hall–Kier alpha value is -2.40. The predicted octanol–water partition coefficient (Wildman–Crippen LogP) is 3.82. The Morgan fingerprint density at radius 1 is 1.19 bits per heavy atom. The molecule has 6 heteroatoms. The van der Waals surface area contributed by atoms with Crippen LogP contribution in [0, 0.1) is 11.7 Å². The number of carbonyl (C=O) groups is 2. The second kappa shape index (κ2) is 8.32. The molecule has 1 aliphatic rings. The van der Waals surface area contributed by atoms with Gasteiger partial charge in [-0.1, -0.05) is 11.6 Å². The molecular weight excluding hydrogens is 355 g/mol. The molecule has 0 aromatic heterocycles. The van der Waals surface area contributed by atoms with E-state index in [1.807, 2.05) is 12.1 Å². The first-order valence-corrected chi connectivity index (χ1v) is 8.96. The molecular formula is C20H20ClFN2O2. The normalized spacial score (nSPS) is 14.9. The summed E-state index contributed by atoms with van der Waals surface area (Å²) < 4.78 is 13.3. The van der Waals surface area contributed by atoms with Crippen molar-refractivity contribution in [1.29, 1.82) is 0 Å². The number of aldehydes is 1. The summed E-state index contributed by atoms with van der Waals surface area (Å²) in [5, 5.41) is 3.19. The highest BCUT2D eigenvalue weighted by Gasteiger charge is 2.25. The highest BCUT2D eigenvalue weighted by molar-refractivity contribution is 6.30. The molecule has 26 heavy (non-hydrogen) atoms. The van der Waals surface area contributed by atoms with Gasteiger partial charge in [0.05, 0.1) is 0 Å². The summed E-state index contributed by atoms with van der Waals surface area (Å²) in [7, 11) is 0. The smallest absolute Gasteiger partial charge is 0.223 e. The molecule has 3 rings (SSSR count). The molecule has 2 aromatic carbocycles. The van der Waals surface area contributed by atoms with E-state index in [1.54, 1.807) is 18.2 Å². The van der Waals surface area contributed by atoms with Gasteiger partial charge < -0.3 is 10.2 Å². The van der Waals surface area contributed by atoms with Crippen LogP contribution in [0.4, 0.5) is 10.1 Å². The highest BCUT2D eigenvalue weighted by atomic mass is 35.5. The standard InChI is InChI=1S/C20H20ClFN2O2/c21-17-9-15(10-18(22)11-17)12-23-20(26)16-5-7-24(8-6-16)19-3-1-14(13-25)2-4-19/h1-4,9-11,13,16H,5-8,12H2,(H,23,26). The van der Waals surface area contributed by atoms with Crippen molar-refractivity contribution in [1.82, 2.24) is 5.32 Å². The number of hydrogen-bond acceptors (Lipinski definition) is 3. The van der Waals surface area contributed by atoms with Gasteiger partial charge in [-0.15, -0.1) is 0 Å². The van der Waals surface area contributed by atoms with E-state index < -0.39 is 5.82 Å². The van der Waals surface area contributed by atoms with Crippen LogP contribution in [-0.4, -0.2) is 25.3 Å². The fourth-order valence-electron chi connectivity index (χ4n) is 3.21. The maximum Gasteiger partial charge on any atom is 0.223 e. The van der Waals surface area contributed by atoms with Crippen LogP contribution in [-0.2, 0) is 11.3 Å². The van der Waals surface area contributed by atoms with E-state index in [-0.39, 0.29) is 18.4 Å². The molecule has 0 aliphatic carbocycles. The van der Waals surface area contributed by atoms with E-state index in [0.717, 1.165) is 37.9 Å². The largest absolute Gasteiger partial charge is 0.371 e. The second-order valence-corrected chi connectivity index (χ2v) is 6.90. The second-order valence-electron chi connectivity index (χ2n) is 6.47. The number of amides is 1. The number of benzene rings is 2. The van der Waals surface area contributed by atoms with Gasteiger partial charge in [0.1, 0.15) is 12.1 Å². The monoisotopic (exact) mass is 374 g/mol. The molecule has 136 valence electrons. The van der Waals surface area contributed by atoms with Crippen LogP contribution in [0.25, 0.3) is 0 Å². The van der Waals surface area contributed by atoms with Gasteiger partial charge in [0, 0.05) is 41.8 Å². The summed E-state index contributed by atoms with van der Waals surface area (Å²) >= 11 is 5.83. The number of nitrogens with zero attached hydrogens (tertiary/aromatic N) is 1. The molecule has 1 N–H and O–H groups in total. The zero-order valence-electron chi connectivity index (χ0n) is 14.3. The molecule has 0 unspecified atom stereocenters. The Labute approximate surface area is 157 Å². The Bertz CT molecular complexity index is 767. The van der Waals surface area contributed by atoms with Crippen molar-refractivity contribution in [2.24, 2.45) is 5.92 Å². The maximum atomic E-state index is 13.3. The van der Waals surface area contributed by atoms with Crippen molar-refractivity contribution >= 4 is 29.5 Å². The Kier molecular flexibility index (Phi) is 5.89. The van der Waals surface area contributed by atoms with Gasteiger partial charge in [0.15, 0.2) is 0 Å². The van der Waals surface area contributed by atoms with Crippen LogP contribution < -0.4 is 10.2 Å². The predicted molar refractivity (Wildman–Crippen MR) is 100 cm³/mol. The van der Waals surface area contributed by atoms with Crippen molar-refractivity contribution in [2.75, 3.05) is 18.0 Å². The SMILES string of the molecule is O=Cc1ccc(N2CCC(C(=O)NCc3cc(F)cc(Cl)c3)CC2)cc1. The molecule has 1 aliphatic heterocycles. The quantitative estimate of drug-likeness (QED) is 0.809. The van der Waals surface area contributed by atoms with Crippen molar-refractivity contribution in [3.05, 3.63) is 64.4 Å². The van der Waals surface area contributed by atoms with E-state index in [4.69, 9.17) is 11.6 Å². The zero-order valence-corrected chi connectivity index (χ0v) is 15.0. The van der Waals surface area contributed by atoms with Gasteiger partial charge in [-0.3, -0.25) is 9.59 Å². The minimum absolute atomic E-state index is 0.0127. The van der Waals surface area contributed by atoms with E-state index in [9.17, 15) is 14.0 Å². The van der Waals surface area contributed by atoms with Gasteiger partial charge in [0.25, 0.3) is 0 Å². The molecule has 4 nitrogen and oxygen atoms in total. The molecule has 0 bridgehead atoms. The van der Waals surface area contributed by atoms with E-state index >= 15 is 0 Å². The summed E-state index contributed by atoms with van der Waals surface area (Å²) in [5.41, 5.74) is 2.36. The number of carbonyl (C=O) groups excluding carboxylic acids is 2. The molecule has 0 spiro atoms. The molecule has 2 aromatic rings. The average molecular weight is 375 g/mol. The lowest BCUT2D eigenvalue weighted by molar-refractivity contribution is -0.125. The fourth-order valence-corrected chi connectivity index (χ4v) is 3.45. The van der Waals surface area contributed by atoms with E-state index in [2.05, 4.69) is 10.2 Å². The number of rotatable bonds is 5. The van der Waals surface area contributed by atoms with E-state index in [0.29, 0.717) is 16.1 Å². The van der Waals surface area contributed by atoms with Crippen LogP contribution in [0.1, 0.15) is 28.8 Å². The van der Waals surface area contributed by atoms with Crippen LogP contribution in [0.2, 0.25) is 5.02 Å². The van der Waals surface area contributed by atoms with Crippen LogP contribution >= 0.6 is 11.6 Å². The third-order valence-corrected chi connectivity index (χ3v) is 4.87. The molecule has 0 atom stereocenters. The number of nitrogens with one attached hydrogen (secondary N) is 1. The Morgan fingerprint density at radius 2 is 1.88 bits per heavy atom. The molecule has 1 fully saturated rings. The van der Waals surface area contributed by atoms with Crippen LogP contribution in [0.3, 0.4) is 0 Å². The molecule has 0 radical (unpaired) electrons. The lowest BCUT2D eigenvalue weighted by Crippen LogP contribution is -2.40. The summed E-state index contributed by atoms with van der Waals surface area (Å²) in [6.45, 7) is 1.83. The number of halogens is 2. The minimum atomic E-state index is -0.407. The lowest BCUT2D eigenvalue weighted by Gasteiger charge is -2.33. The Morgan fingerprint density at radius 3 is 2.50 bits per heavy atom. The van der Waals surface area contributed by atoms with Crippen molar-refractivity contribution in [2.45, 2.75) is 19.4 Å². The third-order valence-electron chi connectivity index (χ3n) is 4.65. The summed E-state index contributed by atoms with van der Waals surface area (Å²) in [5.74, 6) is -0.471. The number of piperidine rings is 1. The molecule has 1 heterocycles. The lowest BCUT2D eigenvalue weighted by atomic mass is 9.95. The van der Waals surface area contributed by atoms with Crippen LogP contribution in [0.15, 0.2) is 42.5 Å². The first-order valence-electron chi connectivity index (χ1n) is 8.58. The van der Waals surface area contributed by atoms with Gasteiger partial charge in [0.2, 0.25) is 5.91 Å². The van der Waals surface area contributed by atoms with E-state index in [1.165, 1.54) is 12.1 Å². The first-order chi connectivity index (χ1) is 12.5. The molecule has 1 saturated heterocycles. The fraction of sp³-hybridized carbons (Fsp3) is 0.300. The van der Waals surface area contributed by atoms with Crippen LogP contribution in [0.5, 0.6) is 0 Å². The van der Waals surface area contributed by atoms with Gasteiger partial charge in [-0.2, -0.15) is 0 Å². The minimum Gasteiger partial charge on any atom is -0.371 e. The average Bonchev–Trinajstić information content (AvgIpc) is 2.65. The van der Waals surface area contributed by atoms with Crippen molar-refractivity contribution in [3.8, 4) is 0 Å². The summed E-state index contributed by atoms with van der Waals surface area (Å²) in [6, 6.07) is 11.7. The van der Waals surface area contributed by atoms with Gasteiger partial charge >= 0.3 is 0 Å². The van der Waals surface area contributed by atoms with Crippen molar-refractivity contribution in [3.63, 3.8) is 0 Å². The first kappa shape index (κ1) is 18.4. The van der Waals surface area contributed by atoms with Gasteiger partial charge in [-0.05, 0) is 60.9 Å². The third kappa shape index (κ3) is 4.61. The summed E-state index contributed by atoms with van der Waals surface area (Å²) in [4.78, 5) is 25.3. The molecule has 0 saturated carbocycles. The van der Waals surface area contributed by atoms with Crippen molar-refractivity contribution < 1.29 is 14.0 Å². The summed E-state index contributed by atoms with van der Waals surface area (Å²) in [6.07, 6.45) is 2.34. The maximum absolute atomic E-state index is 13.3. The Balaban J connectivity index is 1.50. The van der Waals surface area contributed by atoms with Gasteiger partial charge in [-0.25, -0.2) is 4.39 Å². The number of anilines is 1. The zero-order chi connectivity index (χ0) is 18.5. The number of hydrogen-bond donors (Lipinski definition) is 1. The molecule has 1 amide bonds. The topological polar surface area (TPSA) is 49.4 Å².